The Kier molecular flexibility index (Phi) is 6.55. The normalized spacial score (nSPS) is 16.7. The number of carboxylic acid groups (broad SMARTS) is 1. The summed E-state index contributed by atoms with van der Waals surface area (Å²) in [6, 6.07) is 14.6. The summed E-state index contributed by atoms with van der Waals surface area (Å²) >= 11 is 0. The molecule has 0 aliphatic heterocycles. The molecule has 0 unspecified atom stereocenters. The number of benzene rings is 2. The molecule has 2 atom stereocenters. The van der Waals surface area contributed by atoms with E-state index >= 15 is 0 Å². The van der Waals surface area contributed by atoms with Crippen molar-refractivity contribution in [2.24, 2.45) is 5.92 Å². The Bertz CT molecular complexity index is 1490. The minimum Gasteiger partial charge on any atom is -0.496 e. The smallest absolute Gasteiger partial charge is 0.303 e. The van der Waals surface area contributed by atoms with Crippen LogP contribution in [-0.2, 0) is 11.3 Å². The van der Waals surface area contributed by atoms with Crippen LogP contribution in [-0.4, -0.2) is 43.8 Å². The fraction of sp³-hybridized carbons (Fsp3) is 0.222. The van der Waals surface area contributed by atoms with E-state index in [1.54, 1.807) is 22.9 Å². The van der Waals surface area contributed by atoms with E-state index in [0.717, 1.165) is 11.1 Å². The molecular weight excluding hydrogens is 472 g/mol. The quantitative estimate of drug-likeness (QED) is 0.312. The van der Waals surface area contributed by atoms with Crippen molar-refractivity contribution in [2.45, 2.75) is 25.4 Å². The Hall–Kier alpha value is -4.73. The van der Waals surface area contributed by atoms with Crippen LogP contribution in [0, 0.1) is 5.92 Å². The maximum Gasteiger partial charge on any atom is 0.303 e. The molecule has 0 saturated heterocycles. The monoisotopic (exact) mass is 498 g/mol. The van der Waals surface area contributed by atoms with Crippen molar-refractivity contribution in [3.63, 3.8) is 0 Å². The maximum absolute atomic E-state index is 12.6. The largest absolute Gasteiger partial charge is 0.496 e. The molecule has 37 heavy (non-hydrogen) atoms. The molecule has 0 bridgehead atoms. The number of hydrogen-bond acceptors (Lipinski definition) is 7. The molecule has 188 valence electrons. The van der Waals surface area contributed by atoms with Gasteiger partial charge in [0.15, 0.2) is 5.65 Å². The van der Waals surface area contributed by atoms with Crippen LogP contribution in [0.3, 0.4) is 0 Å². The standard InChI is InChI=1S/C27H26N6O4/c1-37-21-5-3-2-4-20(21)27(36)29-14-16-6-9-18(10-7-16)24-23-25(28)30-15-31-26(23)33(32-24)19-11-8-17(12-19)13-22(34)35/h2-11,15,17,19H,12-14H2,1H3,(H,29,36)(H,34,35)(H2,28,30,31)/t17-,19+/m1/s1. The number of rotatable bonds is 8. The first-order valence-corrected chi connectivity index (χ1v) is 11.8. The number of nitrogens with zero attached hydrogens (tertiary/aromatic N) is 4. The summed E-state index contributed by atoms with van der Waals surface area (Å²) in [5.41, 5.74) is 9.69. The van der Waals surface area contributed by atoms with Crippen molar-refractivity contribution in [3.05, 3.63) is 78.1 Å². The van der Waals surface area contributed by atoms with Gasteiger partial charge in [-0.05, 0) is 30.0 Å². The Morgan fingerprint density at radius 2 is 1.92 bits per heavy atom. The van der Waals surface area contributed by atoms with E-state index in [2.05, 4.69) is 15.3 Å². The Morgan fingerprint density at radius 1 is 1.14 bits per heavy atom. The highest BCUT2D eigenvalue weighted by Crippen LogP contribution is 2.36. The molecule has 1 amide bonds. The van der Waals surface area contributed by atoms with E-state index in [1.165, 1.54) is 13.4 Å². The zero-order valence-corrected chi connectivity index (χ0v) is 20.2. The van der Waals surface area contributed by atoms with E-state index in [0.29, 0.717) is 46.8 Å². The van der Waals surface area contributed by atoms with Gasteiger partial charge in [-0.25, -0.2) is 14.6 Å². The van der Waals surface area contributed by atoms with Crippen LogP contribution in [0.4, 0.5) is 5.82 Å². The third-order valence-corrected chi connectivity index (χ3v) is 6.45. The molecule has 2 heterocycles. The second-order valence-electron chi connectivity index (χ2n) is 8.88. The highest BCUT2D eigenvalue weighted by molar-refractivity contribution is 5.98. The molecule has 1 aliphatic carbocycles. The zero-order valence-electron chi connectivity index (χ0n) is 20.2. The van der Waals surface area contributed by atoms with Crippen molar-refractivity contribution < 1.29 is 19.4 Å². The number of nitrogen functional groups attached to an aromatic ring is 1. The van der Waals surface area contributed by atoms with Crippen molar-refractivity contribution in [2.75, 3.05) is 12.8 Å². The van der Waals surface area contributed by atoms with Crippen molar-refractivity contribution in [3.8, 4) is 17.0 Å². The number of methoxy groups -OCH3 is 1. The molecule has 0 saturated carbocycles. The maximum atomic E-state index is 12.6. The summed E-state index contributed by atoms with van der Waals surface area (Å²) in [6.07, 6.45) is 5.99. The first kappa shape index (κ1) is 24.0. The van der Waals surface area contributed by atoms with Gasteiger partial charge in [0.05, 0.1) is 30.5 Å². The second-order valence-corrected chi connectivity index (χ2v) is 8.88. The van der Waals surface area contributed by atoms with Crippen LogP contribution in [0.2, 0.25) is 0 Å². The summed E-state index contributed by atoms with van der Waals surface area (Å²) in [4.78, 5) is 32.3. The van der Waals surface area contributed by atoms with Gasteiger partial charge in [-0.2, -0.15) is 5.10 Å². The number of fused-ring (bicyclic) bond motifs is 1. The van der Waals surface area contributed by atoms with Gasteiger partial charge in [-0.3, -0.25) is 9.59 Å². The highest BCUT2D eigenvalue weighted by atomic mass is 16.5. The van der Waals surface area contributed by atoms with Gasteiger partial charge in [0.1, 0.15) is 23.6 Å². The molecule has 4 aromatic rings. The number of para-hydroxylation sites is 1. The van der Waals surface area contributed by atoms with E-state index in [-0.39, 0.29) is 24.3 Å². The molecule has 0 spiro atoms. The van der Waals surface area contributed by atoms with Crippen LogP contribution in [0.1, 0.15) is 34.8 Å². The van der Waals surface area contributed by atoms with Crippen LogP contribution in [0.5, 0.6) is 5.75 Å². The van der Waals surface area contributed by atoms with Crippen molar-refractivity contribution in [1.29, 1.82) is 0 Å². The fourth-order valence-corrected chi connectivity index (χ4v) is 4.63. The fourth-order valence-electron chi connectivity index (χ4n) is 4.63. The summed E-state index contributed by atoms with van der Waals surface area (Å²) in [5, 5.41) is 17.5. The van der Waals surface area contributed by atoms with E-state index in [4.69, 9.17) is 20.7 Å². The number of hydrogen-bond donors (Lipinski definition) is 3. The SMILES string of the molecule is COc1ccccc1C(=O)NCc1ccc(-c2nn([C@H]3C=C[C@@H](CC(=O)O)C3)c3ncnc(N)c23)cc1. The first-order valence-electron chi connectivity index (χ1n) is 11.8. The molecule has 4 N–H and O–H groups in total. The number of nitrogens with one attached hydrogen (secondary N) is 1. The van der Waals surface area contributed by atoms with Gasteiger partial charge in [0.25, 0.3) is 5.91 Å². The molecule has 2 aromatic carbocycles. The highest BCUT2D eigenvalue weighted by Gasteiger charge is 2.27. The van der Waals surface area contributed by atoms with Gasteiger partial charge in [-0.1, -0.05) is 48.6 Å². The third kappa shape index (κ3) is 4.86. The molecular formula is C27H26N6O4. The molecule has 2 aromatic heterocycles. The Balaban J connectivity index is 1.37. The number of carbonyl (C=O) groups is 2. The average molecular weight is 499 g/mol. The van der Waals surface area contributed by atoms with Crippen LogP contribution < -0.4 is 15.8 Å². The minimum atomic E-state index is -0.827. The lowest BCUT2D eigenvalue weighted by atomic mass is 10.0. The number of ether oxygens (including phenoxy) is 1. The Labute approximate surface area is 212 Å². The van der Waals surface area contributed by atoms with Gasteiger partial charge in [0.2, 0.25) is 0 Å². The van der Waals surface area contributed by atoms with Crippen molar-refractivity contribution >= 4 is 28.7 Å². The molecule has 1 aliphatic rings. The lowest BCUT2D eigenvalue weighted by Crippen LogP contribution is -2.23. The summed E-state index contributed by atoms with van der Waals surface area (Å²) in [6.45, 7) is 0.343. The lowest BCUT2D eigenvalue weighted by Gasteiger charge is -2.12. The third-order valence-electron chi connectivity index (χ3n) is 6.45. The predicted octanol–water partition coefficient (Wildman–Crippen LogP) is 3.61. The van der Waals surface area contributed by atoms with Crippen LogP contribution in [0.25, 0.3) is 22.3 Å². The number of anilines is 1. The lowest BCUT2D eigenvalue weighted by molar-refractivity contribution is -0.137. The first-order chi connectivity index (χ1) is 17.9. The molecule has 5 rings (SSSR count). The summed E-state index contributed by atoms with van der Waals surface area (Å²) < 4.78 is 7.06. The van der Waals surface area contributed by atoms with Gasteiger partial charge >= 0.3 is 5.97 Å². The summed E-state index contributed by atoms with van der Waals surface area (Å²) in [5.74, 6) is -0.267. The average Bonchev–Trinajstić information content (AvgIpc) is 3.52. The van der Waals surface area contributed by atoms with Crippen molar-refractivity contribution in [1.82, 2.24) is 25.1 Å². The molecule has 0 fully saturated rings. The summed E-state index contributed by atoms with van der Waals surface area (Å²) in [7, 11) is 1.53. The number of aromatic nitrogens is 4. The van der Waals surface area contributed by atoms with Crippen LogP contribution >= 0.6 is 0 Å². The van der Waals surface area contributed by atoms with Gasteiger partial charge in [-0.15, -0.1) is 0 Å². The molecule has 10 heteroatoms. The Morgan fingerprint density at radius 3 is 2.68 bits per heavy atom. The number of carbonyl (C=O) groups excluding carboxylic acids is 1. The van der Waals surface area contributed by atoms with E-state index in [1.807, 2.05) is 42.5 Å². The van der Waals surface area contributed by atoms with E-state index < -0.39 is 5.97 Å². The second kappa shape index (κ2) is 10.1. The number of allylic oxidation sites excluding steroid dienone is 2. The topological polar surface area (TPSA) is 145 Å². The zero-order chi connectivity index (χ0) is 25.9. The number of nitrogens with two attached hydrogens (primary N) is 1. The van der Waals surface area contributed by atoms with E-state index in [9.17, 15) is 9.59 Å². The molecule has 0 radical (unpaired) electrons. The van der Waals surface area contributed by atoms with Gasteiger partial charge < -0.3 is 20.9 Å². The minimum absolute atomic E-state index is 0.0604. The number of amides is 1. The predicted molar refractivity (Wildman–Crippen MR) is 138 cm³/mol. The molecule has 10 nitrogen and oxygen atoms in total. The van der Waals surface area contributed by atoms with Gasteiger partial charge in [0, 0.05) is 12.1 Å². The number of carboxylic acids is 1. The van der Waals surface area contributed by atoms with Crippen LogP contribution in [0.15, 0.2) is 67.0 Å². The number of aliphatic carboxylic acids is 1.